The fraction of sp³-hybridized carbons (Fsp3) is 0.368. The molecule has 0 spiro atoms. The van der Waals surface area contributed by atoms with Crippen molar-refractivity contribution in [3.63, 3.8) is 0 Å². The zero-order chi connectivity index (χ0) is 23.3. The monoisotopic (exact) mass is 483 g/mol. The summed E-state index contributed by atoms with van der Waals surface area (Å²) in [6.45, 7) is 0.603. The number of H-pyrrole nitrogens is 1. The van der Waals surface area contributed by atoms with E-state index < -0.39 is 39.9 Å². The van der Waals surface area contributed by atoms with Gasteiger partial charge in [-0.2, -0.15) is 5.10 Å². The molecule has 2 aliphatic rings. The molecule has 2 aliphatic heterocycles. The number of halogens is 3. The van der Waals surface area contributed by atoms with Gasteiger partial charge in [0.15, 0.2) is 23.8 Å². The number of hydrogen-bond acceptors (Lipinski definition) is 7. The number of aliphatic hydroxyl groups is 1. The summed E-state index contributed by atoms with van der Waals surface area (Å²) in [6, 6.07) is 0.938. The number of rotatable bonds is 5. The van der Waals surface area contributed by atoms with E-state index in [1.54, 1.807) is 22.0 Å². The van der Waals surface area contributed by atoms with Gasteiger partial charge in [0.1, 0.15) is 5.82 Å². The van der Waals surface area contributed by atoms with Crippen LogP contribution in [-0.4, -0.2) is 56.8 Å². The molecule has 0 bridgehead atoms. The number of hydrogen-bond donors (Lipinski definition) is 3. The van der Waals surface area contributed by atoms with Crippen molar-refractivity contribution in [2.45, 2.75) is 31.9 Å². The second kappa shape index (κ2) is 8.04. The summed E-state index contributed by atoms with van der Waals surface area (Å²) in [7, 11) is -3.45. The minimum Gasteiger partial charge on any atom is -0.361 e. The molecule has 0 saturated carbocycles. The lowest BCUT2D eigenvalue weighted by molar-refractivity contribution is -0.0335. The quantitative estimate of drug-likeness (QED) is 0.372. The van der Waals surface area contributed by atoms with Crippen molar-refractivity contribution >= 4 is 21.4 Å². The maximum Gasteiger partial charge on any atom is 0.235 e. The van der Waals surface area contributed by atoms with Crippen LogP contribution in [0, 0.1) is 17.5 Å². The van der Waals surface area contributed by atoms with Crippen molar-refractivity contribution in [1.29, 1.82) is 0 Å². The summed E-state index contributed by atoms with van der Waals surface area (Å²) in [6.07, 6.45) is 3.65. The zero-order valence-electron chi connectivity index (χ0n) is 17.1. The molecular formula is C19H20F3N7O3S. The Hall–Kier alpha value is -3.10. The molecule has 1 unspecified atom stereocenters. The molecule has 1 fully saturated rings. The molecule has 3 aromatic rings. The molecule has 1 saturated heterocycles. The topological polar surface area (TPSA) is 119 Å². The summed E-state index contributed by atoms with van der Waals surface area (Å²) in [5, 5.41) is 17.9. The van der Waals surface area contributed by atoms with Crippen LogP contribution in [0.25, 0.3) is 0 Å². The van der Waals surface area contributed by atoms with Gasteiger partial charge in [-0.05, 0) is 6.42 Å². The van der Waals surface area contributed by atoms with Gasteiger partial charge in [-0.25, -0.2) is 31.5 Å². The SMILES string of the molecule is O=S1(=O)CCCN1c1cnn2c1CN(C(O)Nc1cc(F)c(F)c(F)c1)[C@@H](c1ncc[nH]1)C2. The maximum atomic E-state index is 13.6. The lowest BCUT2D eigenvalue weighted by Crippen LogP contribution is -2.48. The predicted molar refractivity (Wildman–Crippen MR) is 111 cm³/mol. The normalized spacial score (nSPS) is 21.2. The van der Waals surface area contributed by atoms with Crippen LogP contribution in [0.2, 0.25) is 0 Å². The molecule has 2 atom stereocenters. The van der Waals surface area contributed by atoms with Gasteiger partial charge in [-0.3, -0.25) is 8.99 Å². The van der Waals surface area contributed by atoms with Crippen molar-refractivity contribution < 1.29 is 26.7 Å². The van der Waals surface area contributed by atoms with Crippen molar-refractivity contribution in [2.24, 2.45) is 0 Å². The fourth-order valence-electron chi connectivity index (χ4n) is 4.22. The summed E-state index contributed by atoms with van der Waals surface area (Å²) in [5.74, 6) is -3.86. The van der Waals surface area contributed by atoms with Gasteiger partial charge < -0.3 is 15.4 Å². The number of aliphatic hydroxyl groups excluding tert-OH is 1. The highest BCUT2D eigenvalue weighted by molar-refractivity contribution is 7.93. The Morgan fingerprint density at radius 1 is 1.24 bits per heavy atom. The average molecular weight is 483 g/mol. The smallest absolute Gasteiger partial charge is 0.235 e. The number of benzene rings is 1. The number of nitrogens with one attached hydrogen (secondary N) is 2. The second-order valence-corrected chi connectivity index (χ2v) is 9.85. The second-order valence-electron chi connectivity index (χ2n) is 7.83. The first kappa shape index (κ1) is 21.7. The summed E-state index contributed by atoms with van der Waals surface area (Å²) >= 11 is 0. The van der Waals surface area contributed by atoms with E-state index in [9.17, 15) is 26.7 Å². The molecule has 5 rings (SSSR count). The number of aromatic nitrogens is 4. The van der Waals surface area contributed by atoms with Crippen LogP contribution < -0.4 is 9.62 Å². The summed E-state index contributed by atoms with van der Waals surface area (Å²) in [5.41, 5.74) is 0.806. The highest BCUT2D eigenvalue weighted by atomic mass is 32.2. The van der Waals surface area contributed by atoms with E-state index >= 15 is 0 Å². The molecule has 0 aliphatic carbocycles. The van der Waals surface area contributed by atoms with Crippen molar-refractivity contribution in [2.75, 3.05) is 21.9 Å². The minimum atomic E-state index is -3.45. The maximum absolute atomic E-state index is 13.6. The van der Waals surface area contributed by atoms with Crippen LogP contribution in [0.5, 0.6) is 0 Å². The van der Waals surface area contributed by atoms with Crippen LogP contribution in [0.4, 0.5) is 24.5 Å². The van der Waals surface area contributed by atoms with Crippen LogP contribution in [0.3, 0.4) is 0 Å². The molecule has 14 heteroatoms. The predicted octanol–water partition coefficient (Wildman–Crippen LogP) is 1.51. The first-order valence-electron chi connectivity index (χ1n) is 10.1. The van der Waals surface area contributed by atoms with Crippen LogP contribution in [0.15, 0.2) is 30.7 Å². The molecule has 3 N–H and O–H groups in total. The van der Waals surface area contributed by atoms with Crippen LogP contribution >= 0.6 is 0 Å². The average Bonchev–Trinajstić information content (AvgIpc) is 3.50. The van der Waals surface area contributed by atoms with E-state index in [-0.39, 0.29) is 24.5 Å². The summed E-state index contributed by atoms with van der Waals surface area (Å²) < 4.78 is 68.4. The fourth-order valence-corrected chi connectivity index (χ4v) is 5.80. The van der Waals surface area contributed by atoms with Crippen molar-refractivity contribution in [3.05, 3.63) is 59.7 Å². The Morgan fingerprint density at radius 3 is 2.64 bits per heavy atom. The van der Waals surface area contributed by atoms with Crippen LogP contribution in [0.1, 0.15) is 24.0 Å². The molecule has 176 valence electrons. The molecule has 0 amide bonds. The number of anilines is 2. The molecule has 2 aromatic heterocycles. The first-order chi connectivity index (χ1) is 15.7. The van der Waals surface area contributed by atoms with Gasteiger partial charge in [0.25, 0.3) is 0 Å². The molecule has 4 heterocycles. The first-order valence-corrected chi connectivity index (χ1v) is 11.7. The van der Waals surface area contributed by atoms with E-state index in [1.807, 2.05) is 0 Å². The third kappa shape index (κ3) is 3.83. The van der Waals surface area contributed by atoms with E-state index in [2.05, 4.69) is 20.4 Å². The van der Waals surface area contributed by atoms with E-state index in [0.29, 0.717) is 30.2 Å². The molecule has 33 heavy (non-hydrogen) atoms. The number of aromatic amines is 1. The van der Waals surface area contributed by atoms with E-state index in [4.69, 9.17) is 0 Å². The Kier molecular flexibility index (Phi) is 5.29. The molecule has 1 aromatic carbocycles. The third-order valence-electron chi connectivity index (χ3n) is 5.80. The number of nitrogens with zero attached hydrogens (tertiary/aromatic N) is 5. The lowest BCUT2D eigenvalue weighted by atomic mass is 10.1. The van der Waals surface area contributed by atoms with Gasteiger partial charge in [-0.15, -0.1) is 0 Å². The standard InChI is InChI=1S/C19H20F3N7O3S/c20-12-6-11(7-13(21)17(12)22)26-19(30)27-9-15-14(29-4-1-5-33(29,31)32)8-25-28(15)10-16(27)18-23-2-3-24-18/h2-3,6-8,16,19,26,30H,1,4-5,9-10H2,(H,23,24)/t16-,19?/m1/s1. The zero-order valence-corrected chi connectivity index (χ0v) is 17.9. The Balaban J connectivity index is 1.49. The highest BCUT2D eigenvalue weighted by Crippen LogP contribution is 2.36. The summed E-state index contributed by atoms with van der Waals surface area (Å²) in [4.78, 5) is 8.77. The Bertz CT molecular complexity index is 1260. The lowest BCUT2D eigenvalue weighted by Gasteiger charge is -2.39. The highest BCUT2D eigenvalue weighted by Gasteiger charge is 2.39. The Labute approximate surface area is 186 Å². The van der Waals surface area contributed by atoms with Gasteiger partial charge >= 0.3 is 0 Å². The number of imidazole rings is 1. The third-order valence-corrected chi connectivity index (χ3v) is 7.66. The van der Waals surface area contributed by atoms with Crippen molar-refractivity contribution in [3.8, 4) is 0 Å². The number of sulfonamides is 1. The minimum absolute atomic E-state index is 0.0439. The molecular weight excluding hydrogens is 463 g/mol. The largest absolute Gasteiger partial charge is 0.361 e. The van der Waals surface area contributed by atoms with Gasteiger partial charge in [0.2, 0.25) is 10.0 Å². The van der Waals surface area contributed by atoms with Crippen LogP contribution in [-0.2, 0) is 23.1 Å². The number of fused-ring (bicyclic) bond motifs is 1. The van der Waals surface area contributed by atoms with Gasteiger partial charge in [0.05, 0.1) is 35.9 Å². The van der Waals surface area contributed by atoms with Gasteiger partial charge in [0, 0.05) is 43.3 Å². The molecule has 10 nitrogen and oxygen atoms in total. The Morgan fingerprint density at radius 2 is 2.00 bits per heavy atom. The molecule has 0 radical (unpaired) electrons. The van der Waals surface area contributed by atoms with Crippen molar-refractivity contribution in [1.82, 2.24) is 24.6 Å². The van der Waals surface area contributed by atoms with E-state index in [1.165, 1.54) is 10.5 Å². The van der Waals surface area contributed by atoms with E-state index in [0.717, 1.165) is 12.1 Å². The van der Waals surface area contributed by atoms with Gasteiger partial charge in [-0.1, -0.05) is 0 Å².